The average Bonchev–Trinajstić information content (AvgIpc) is 2.51. The normalized spacial score (nSPS) is 12.1. The Kier molecular flexibility index (Phi) is 5.46. The van der Waals surface area contributed by atoms with Gasteiger partial charge in [-0.25, -0.2) is 0 Å². The molecule has 0 bridgehead atoms. The molecule has 0 saturated carbocycles. The standard InChI is InChI=1S/C16H12F6O3/c17-15(18,19)12-7-11(8-14(9-12)24-6-5-23)10-1-3-13(4-2-10)25-16(20,21)22/h1-4,7-9,23H,5-6H2. The molecule has 0 radical (unpaired) electrons. The highest BCUT2D eigenvalue weighted by atomic mass is 19.4. The zero-order valence-electron chi connectivity index (χ0n) is 12.5. The summed E-state index contributed by atoms with van der Waals surface area (Å²) < 4.78 is 84.1. The van der Waals surface area contributed by atoms with Gasteiger partial charge in [0.2, 0.25) is 0 Å². The third kappa shape index (κ3) is 5.56. The van der Waals surface area contributed by atoms with E-state index in [1.807, 2.05) is 0 Å². The van der Waals surface area contributed by atoms with Crippen LogP contribution < -0.4 is 9.47 Å². The molecule has 25 heavy (non-hydrogen) atoms. The van der Waals surface area contributed by atoms with Crippen LogP contribution in [0.5, 0.6) is 11.5 Å². The highest BCUT2D eigenvalue weighted by Gasteiger charge is 2.32. The van der Waals surface area contributed by atoms with Crippen LogP contribution in [0, 0.1) is 0 Å². The molecule has 2 aromatic carbocycles. The molecule has 0 amide bonds. The second-order valence-electron chi connectivity index (χ2n) is 4.89. The smallest absolute Gasteiger partial charge is 0.491 e. The van der Waals surface area contributed by atoms with E-state index in [4.69, 9.17) is 9.84 Å². The van der Waals surface area contributed by atoms with Crippen molar-refractivity contribution in [2.75, 3.05) is 13.2 Å². The van der Waals surface area contributed by atoms with Crippen molar-refractivity contribution in [1.29, 1.82) is 0 Å². The summed E-state index contributed by atoms with van der Waals surface area (Å²) in [6.07, 6.45) is -9.49. The molecule has 0 fully saturated rings. The van der Waals surface area contributed by atoms with E-state index in [0.717, 1.165) is 24.3 Å². The van der Waals surface area contributed by atoms with E-state index in [1.165, 1.54) is 18.2 Å². The van der Waals surface area contributed by atoms with Gasteiger partial charge in [-0.15, -0.1) is 13.2 Å². The molecule has 0 aromatic heterocycles. The topological polar surface area (TPSA) is 38.7 Å². The van der Waals surface area contributed by atoms with Gasteiger partial charge in [0.15, 0.2) is 0 Å². The van der Waals surface area contributed by atoms with E-state index in [-0.39, 0.29) is 30.1 Å². The molecule has 0 unspecified atom stereocenters. The van der Waals surface area contributed by atoms with E-state index in [1.54, 1.807) is 0 Å². The zero-order chi connectivity index (χ0) is 18.7. The SMILES string of the molecule is OCCOc1cc(-c2ccc(OC(F)(F)F)cc2)cc(C(F)(F)F)c1. The Balaban J connectivity index is 2.36. The number of aliphatic hydroxyl groups is 1. The fraction of sp³-hybridized carbons (Fsp3) is 0.250. The monoisotopic (exact) mass is 366 g/mol. The number of halogens is 6. The average molecular weight is 366 g/mol. The maximum Gasteiger partial charge on any atom is 0.573 e. The van der Waals surface area contributed by atoms with Crippen molar-refractivity contribution in [3.63, 3.8) is 0 Å². The van der Waals surface area contributed by atoms with Crippen molar-refractivity contribution in [2.24, 2.45) is 0 Å². The van der Waals surface area contributed by atoms with E-state index in [9.17, 15) is 26.3 Å². The van der Waals surface area contributed by atoms with Gasteiger partial charge in [-0.3, -0.25) is 0 Å². The summed E-state index contributed by atoms with van der Waals surface area (Å²) >= 11 is 0. The quantitative estimate of drug-likeness (QED) is 0.784. The van der Waals surface area contributed by atoms with Crippen molar-refractivity contribution >= 4 is 0 Å². The Morgan fingerprint density at radius 1 is 0.800 bits per heavy atom. The fourth-order valence-corrected chi connectivity index (χ4v) is 2.03. The molecular formula is C16H12F6O3. The molecule has 0 aliphatic heterocycles. The summed E-state index contributed by atoms with van der Waals surface area (Å²) in [5.41, 5.74) is -0.635. The highest BCUT2D eigenvalue weighted by Crippen LogP contribution is 2.36. The predicted molar refractivity (Wildman–Crippen MR) is 76.1 cm³/mol. The van der Waals surface area contributed by atoms with Crippen LogP contribution in [0.1, 0.15) is 5.56 Å². The number of ether oxygens (including phenoxy) is 2. The number of rotatable bonds is 5. The molecule has 0 aliphatic carbocycles. The third-order valence-corrected chi connectivity index (χ3v) is 3.02. The van der Waals surface area contributed by atoms with Crippen LogP contribution in [-0.4, -0.2) is 24.7 Å². The van der Waals surface area contributed by atoms with Gasteiger partial charge in [-0.1, -0.05) is 12.1 Å². The van der Waals surface area contributed by atoms with Gasteiger partial charge in [0.1, 0.15) is 18.1 Å². The number of alkyl halides is 6. The number of aliphatic hydroxyl groups excluding tert-OH is 1. The Labute approximate surface area is 138 Å². The van der Waals surface area contributed by atoms with Crippen LogP contribution in [0.2, 0.25) is 0 Å². The molecule has 0 saturated heterocycles. The maximum absolute atomic E-state index is 13.0. The first-order valence-electron chi connectivity index (χ1n) is 6.90. The summed E-state index contributed by atoms with van der Waals surface area (Å²) in [5.74, 6) is -0.602. The number of hydrogen-bond acceptors (Lipinski definition) is 3. The van der Waals surface area contributed by atoms with Crippen LogP contribution in [0.25, 0.3) is 11.1 Å². The molecule has 2 rings (SSSR count). The summed E-state index contributed by atoms with van der Waals surface area (Å²) in [4.78, 5) is 0. The van der Waals surface area contributed by atoms with Crippen LogP contribution in [0.15, 0.2) is 42.5 Å². The molecule has 0 spiro atoms. The second kappa shape index (κ2) is 7.22. The van der Waals surface area contributed by atoms with Crippen molar-refractivity contribution in [1.82, 2.24) is 0 Å². The molecule has 0 heterocycles. The van der Waals surface area contributed by atoms with Crippen molar-refractivity contribution < 1.29 is 40.9 Å². The lowest BCUT2D eigenvalue weighted by atomic mass is 10.0. The molecule has 2 aromatic rings. The minimum absolute atomic E-state index is 0.0984. The Bertz CT molecular complexity index is 707. The molecule has 0 aliphatic rings. The van der Waals surface area contributed by atoms with Crippen molar-refractivity contribution in [3.05, 3.63) is 48.0 Å². The van der Waals surface area contributed by atoms with E-state index in [0.29, 0.717) is 0 Å². The molecule has 1 N–H and O–H groups in total. The number of hydrogen-bond donors (Lipinski definition) is 1. The van der Waals surface area contributed by atoms with Crippen LogP contribution in [-0.2, 0) is 6.18 Å². The van der Waals surface area contributed by atoms with Gasteiger partial charge >= 0.3 is 12.5 Å². The van der Waals surface area contributed by atoms with E-state index in [2.05, 4.69) is 4.74 Å². The van der Waals surface area contributed by atoms with Crippen molar-refractivity contribution in [2.45, 2.75) is 12.5 Å². The highest BCUT2D eigenvalue weighted by molar-refractivity contribution is 5.67. The minimum atomic E-state index is -4.86. The molecule has 136 valence electrons. The Morgan fingerprint density at radius 3 is 1.96 bits per heavy atom. The molecule has 3 nitrogen and oxygen atoms in total. The Morgan fingerprint density at radius 2 is 1.44 bits per heavy atom. The zero-order valence-corrected chi connectivity index (χ0v) is 12.5. The second-order valence-corrected chi connectivity index (χ2v) is 4.89. The first-order valence-corrected chi connectivity index (χ1v) is 6.90. The summed E-state index contributed by atoms with van der Waals surface area (Å²) in [5, 5.41) is 8.71. The van der Waals surface area contributed by atoms with Crippen LogP contribution in [0.3, 0.4) is 0 Å². The summed E-state index contributed by atoms with van der Waals surface area (Å²) in [7, 11) is 0. The van der Waals surface area contributed by atoms with Crippen molar-refractivity contribution in [3.8, 4) is 22.6 Å². The van der Waals surface area contributed by atoms with E-state index >= 15 is 0 Å². The van der Waals surface area contributed by atoms with Crippen LogP contribution >= 0.6 is 0 Å². The summed E-state index contributed by atoms with van der Waals surface area (Å²) in [6, 6.07) is 7.32. The van der Waals surface area contributed by atoms with Crippen LogP contribution in [0.4, 0.5) is 26.3 Å². The summed E-state index contributed by atoms with van der Waals surface area (Å²) in [6.45, 7) is -0.575. The first-order chi connectivity index (χ1) is 11.6. The lowest BCUT2D eigenvalue weighted by molar-refractivity contribution is -0.274. The van der Waals surface area contributed by atoms with E-state index < -0.39 is 23.9 Å². The lowest BCUT2D eigenvalue weighted by Gasteiger charge is -2.14. The molecule has 9 heteroatoms. The maximum atomic E-state index is 13.0. The Hall–Kier alpha value is -2.42. The lowest BCUT2D eigenvalue weighted by Crippen LogP contribution is -2.16. The van der Waals surface area contributed by atoms with Gasteiger partial charge in [0, 0.05) is 0 Å². The predicted octanol–water partition coefficient (Wildman–Crippen LogP) is 4.64. The molecule has 0 atom stereocenters. The van der Waals surface area contributed by atoms with Gasteiger partial charge in [0.25, 0.3) is 0 Å². The molecular weight excluding hydrogens is 354 g/mol. The largest absolute Gasteiger partial charge is 0.573 e. The third-order valence-electron chi connectivity index (χ3n) is 3.02. The number of benzene rings is 2. The minimum Gasteiger partial charge on any atom is -0.491 e. The van der Waals surface area contributed by atoms with Gasteiger partial charge in [-0.2, -0.15) is 13.2 Å². The first kappa shape index (κ1) is 18.9. The van der Waals surface area contributed by atoms with Gasteiger partial charge in [-0.05, 0) is 41.5 Å². The van der Waals surface area contributed by atoms with Gasteiger partial charge in [0.05, 0.1) is 12.2 Å². The fourth-order valence-electron chi connectivity index (χ4n) is 2.03. The van der Waals surface area contributed by atoms with Gasteiger partial charge < -0.3 is 14.6 Å².